The summed E-state index contributed by atoms with van der Waals surface area (Å²) in [5.74, 6) is -0.298. The average molecular weight is 285 g/mol. The van der Waals surface area contributed by atoms with Crippen molar-refractivity contribution < 1.29 is 14.3 Å². The summed E-state index contributed by atoms with van der Waals surface area (Å²) in [6.45, 7) is 7.59. The molecule has 0 radical (unpaired) electrons. The molecule has 0 aromatic heterocycles. The van der Waals surface area contributed by atoms with E-state index in [1.807, 2.05) is 0 Å². The van der Waals surface area contributed by atoms with Gasteiger partial charge in [-0.3, -0.25) is 9.59 Å². The van der Waals surface area contributed by atoms with Gasteiger partial charge in [-0.15, -0.1) is 0 Å². The van der Waals surface area contributed by atoms with E-state index in [9.17, 15) is 9.59 Å². The van der Waals surface area contributed by atoms with Gasteiger partial charge >= 0.3 is 0 Å². The van der Waals surface area contributed by atoms with E-state index >= 15 is 0 Å². The molecule has 2 amide bonds. The number of rotatable bonds is 6. The van der Waals surface area contributed by atoms with E-state index in [4.69, 9.17) is 4.74 Å². The number of carbonyl (C=O) groups excluding carboxylic acids is 2. The first-order valence-electron chi connectivity index (χ1n) is 7.19. The monoisotopic (exact) mass is 285 g/mol. The lowest BCUT2D eigenvalue weighted by atomic mass is 9.77. The van der Waals surface area contributed by atoms with E-state index in [1.54, 1.807) is 14.0 Å². The number of hydrogen-bond acceptors (Lipinski definition) is 4. The van der Waals surface area contributed by atoms with Gasteiger partial charge in [-0.25, -0.2) is 0 Å². The molecule has 6 nitrogen and oxygen atoms in total. The van der Waals surface area contributed by atoms with E-state index < -0.39 is 6.04 Å². The smallest absolute Gasteiger partial charge is 0.242 e. The minimum absolute atomic E-state index is 0.0887. The Morgan fingerprint density at radius 2 is 2.15 bits per heavy atom. The average Bonchev–Trinajstić information content (AvgIpc) is 2.38. The van der Waals surface area contributed by atoms with Crippen molar-refractivity contribution >= 4 is 11.8 Å². The van der Waals surface area contributed by atoms with Crippen LogP contribution >= 0.6 is 0 Å². The summed E-state index contributed by atoms with van der Waals surface area (Å²) in [7, 11) is 1.58. The number of nitrogens with one attached hydrogen (secondary N) is 3. The van der Waals surface area contributed by atoms with Crippen molar-refractivity contribution in [2.24, 2.45) is 5.41 Å². The molecular weight excluding hydrogens is 258 g/mol. The lowest BCUT2D eigenvalue weighted by Crippen LogP contribution is -2.58. The zero-order valence-electron chi connectivity index (χ0n) is 12.9. The van der Waals surface area contributed by atoms with Crippen molar-refractivity contribution in [1.29, 1.82) is 0 Å². The Kier molecular flexibility index (Phi) is 6.42. The zero-order chi connectivity index (χ0) is 15.2. The Bertz CT molecular complexity index is 345. The molecule has 1 heterocycles. The highest BCUT2D eigenvalue weighted by molar-refractivity contribution is 5.89. The van der Waals surface area contributed by atoms with E-state index in [0.717, 1.165) is 19.4 Å². The molecule has 1 aliphatic heterocycles. The number of methoxy groups -OCH3 is 1. The Morgan fingerprint density at radius 3 is 2.75 bits per heavy atom. The third-order valence-electron chi connectivity index (χ3n) is 3.75. The first-order valence-corrected chi connectivity index (χ1v) is 7.19. The molecule has 2 atom stereocenters. The van der Waals surface area contributed by atoms with Crippen LogP contribution in [-0.4, -0.2) is 50.7 Å². The van der Waals surface area contributed by atoms with Crippen LogP contribution in [0.5, 0.6) is 0 Å². The van der Waals surface area contributed by atoms with Crippen molar-refractivity contribution in [1.82, 2.24) is 16.0 Å². The zero-order valence-corrected chi connectivity index (χ0v) is 12.9. The first kappa shape index (κ1) is 16.9. The molecule has 2 unspecified atom stereocenters. The maximum atomic E-state index is 12.3. The van der Waals surface area contributed by atoms with Crippen LogP contribution in [0.15, 0.2) is 0 Å². The van der Waals surface area contributed by atoms with Crippen molar-refractivity contribution in [3.05, 3.63) is 0 Å². The highest BCUT2D eigenvalue weighted by Gasteiger charge is 2.37. The Labute approximate surface area is 121 Å². The molecule has 3 N–H and O–H groups in total. The first-order chi connectivity index (χ1) is 9.38. The molecule has 1 fully saturated rings. The van der Waals surface area contributed by atoms with Gasteiger partial charge in [0, 0.05) is 13.7 Å². The number of hydrogen-bond donors (Lipinski definition) is 3. The number of carbonyl (C=O) groups is 2. The van der Waals surface area contributed by atoms with E-state index in [0.29, 0.717) is 13.2 Å². The quantitative estimate of drug-likeness (QED) is 0.602. The van der Waals surface area contributed by atoms with Crippen LogP contribution in [0.1, 0.15) is 33.6 Å². The van der Waals surface area contributed by atoms with E-state index in [2.05, 4.69) is 29.8 Å². The molecule has 0 aromatic rings. The highest BCUT2D eigenvalue weighted by Crippen LogP contribution is 2.30. The van der Waals surface area contributed by atoms with Crippen LogP contribution in [0, 0.1) is 5.41 Å². The Hall–Kier alpha value is -1.14. The molecule has 1 aliphatic rings. The molecule has 6 heteroatoms. The van der Waals surface area contributed by atoms with Gasteiger partial charge in [-0.05, 0) is 31.7 Å². The number of amides is 2. The SMILES string of the molecule is COCCNC(=O)C(C)NC(=O)C1NCCCC1(C)C. The van der Waals surface area contributed by atoms with Gasteiger partial charge in [0.1, 0.15) is 6.04 Å². The second-order valence-corrected chi connectivity index (χ2v) is 5.99. The van der Waals surface area contributed by atoms with Gasteiger partial charge in [0.25, 0.3) is 0 Å². The van der Waals surface area contributed by atoms with Gasteiger partial charge in [0.15, 0.2) is 0 Å². The largest absolute Gasteiger partial charge is 0.383 e. The summed E-state index contributed by atoms with van der Waals surface area (Å²) in [6, 6.07) is -0.788. The minimum Gasteiger partial charge on any atom is -0.383 e. The summed E-state index contributed by atoms with van der Waals surface area (Å²) < 4.78 is 4.86. The standard InChI is InChI=1S/C14H27N3O3/c1-10(12(18)16-8-9-20-4)17-13(19)11-14(2,3)6-5-7-15-11/h10-11,15H,5-9H2,1-4H3,(H,16,18)(H,17,19). The summed E-state index contributed by atoms with van der Waals surface area (Å²) in [4.78, 5) is 24.1. The van der Waals surface area contributed by atoms with E-state index in [1.165, 1.54) is 0 Å². The third kappa shape index (κ3) is 4.76. The molecule has 1 rings (SSSR count). The maximum Gasteiger partial charge on any atom is 0.242 e. The molecule has 0 spiro atoms. The molecule has 116 valence electrons. The number of ether oxygens (including phenoxy) is 1. The molecule has 0 bridgehead atoms. The third-order valence-corrected chi connectivity index (χ3v) is 3.75. The lowest BCUT2D eigenvalue weighted by Gasteiger charge is -2.38. The molecule has 0 aromatic carbocycles. The molecule has 20 heavy (non-hydrogen) atoms. The van der Waals surface area contributed by atoms with E-state index in [-0.39, 0.29) is 23.3 Å². The molecule has 0 saturated carbocycles. The summed E-state index contributed by atoms with van der Waals surface area (Å²) in [5, 5.41) is 8.73. The maximum absolute atomic E-state index is 12.3. The number of piperidine rings is 1. The van der Waals surface area contributed by atoms with Crippen LogP contribution in [0.25, 0.3) is 0 Å². The van der Waals surface area contributed by atoms with Crippen molar-refractivity contribution in [2.45, 2.75) is 45.7 Å². The normalized spacial score (nSPS) is 22.9. The van der Waals surface area contributed by atoms with Crippen molar-refractivity contribution in [3.8, 4) is 0 Å². The van der Waals surface area contributed by atoms with Crippen LogP contribution < -0.4 is 16.0 Å². The van der Waals surface area contributed by atoms with Crippen LogP contribution in [0.4, 0.5) is 0 Å². The second kappa shape index (κ2) is 7.59. The summed E-state index contributed by atoms with van der Waals surface area (Å²) in [6.07, 6.45) is 2.08. The van der Waals surface area contributed by atoms with Gasteiger partial charge in [0.05, 0.1) is 12.6 Å². The topological polar surface area (TPSA) is 79.5 Å². The van der Waals surface area contributed by atoms with Gasteiger partial charge in [-0.2, -0.15) is 0 Å². The van der Waals surface area contributed by atoms with Crippen LogP contribution in [0.3, 0.4) is 0 Å². The van der Waals surface area contributed by atoms with Crippen molar-refractivity contribution in [2.75, 3.05) is 26.8 Å². The predicted molar refractivity (Wildman–Crippen MR) is 77.3 cm³/mol. The highest BCUT2D eigenvalue weighted by atomic mass is 16.5. The Balaban J connectivity index is 2.46. The van der Waals surface area contributed by atoms with Crippen molar-refractivity contribution in [3.63, 3.8) is 0 Å². The van der Waals surface area contributed by atoms with Crippen LogP contribution in [0.2, 0.25) is 0 Å². The fraction of sp³-hybridized carbons (Fsp3) is 0.857. The van der Waals surface area contributed by atoms with Gasteiger partial charge in [-0.1, -0.05) is 13.8 Å². The fourth-order valence-electron chi connectivity index (χ4n) is 2.45. The van der Waals surface area contributed by atoms with Gasteiger partial charge < -0.3 is 20.7 Å². The lowest BCUT2D eigenvalue weighted by molar-refractivity contribution is -0.132. The van der Waals surface area contributed by atoms with Crippen LogP contribution in [-0.2, 0) is 14.3 Å². The summed E-state index contributed by atoms with van der Waals surface area (Å²) in [5.41, 5.74) is -0.0887. The fourth-order valence-corrected chi connectivity index (χ4v) is 2.45. The predicted octanol–water partition coefficient (Wildman–Crippen LogP) is 0.0319. The molecular formula is C14H27N3O3. The van der Waals surface area contributed by atoms with Gasteiger partial charge in [0.2, 0.25) is 11.8 Å². The summed E-state index contributed by atoms with van der Waals surface area (Å²) >= 11 is 0. The minimum atomic E-state index is -0.543. The Morgan fingerprint density at radius 1 is 1.45 bits per heavy atom. The molecule has 1 saturated heterocycles. The second-order valence-electron chi connectivity index (χ2n) is 5.99. The molecule has 0 aliphatic carbocycles.